The first-order valence-electron chi connectivity index (χ1n) is 9.88. The number of nitrogens with zero attached hydrogens (tertiary/aromatic N) is 3. The summed E-state index contributed by atoms with van der Waals surface area (Å²) in [5, 5.41) is 0. The van der Waals surface area contributed by atoms with Crippen LogP contribution in [0.25, 0.3) is 0 Å². The van der Waals surface area contributed by atoms with E-state index in [0.29, 0.717) is 0 Å². The van der Waals surface area contributed by atoms with Crippen molar-refractivity contribution in [2.75, 3.05) is 44.2 Å². The molecule has 0 bridgehead atoms. The number of benzene rings is 1. The number of rotatable bonds is 4. The lowest BCUT2D eigenvalue weighted by Gasteiger charge is -2.25. The van der Waals surface area contributed by atoms with E-state index in [9.17, 15) is 9.59 Å². The zero-order valence-corrected chi connectivity index (χ0v) is 15.9. The van der Waals surface area contributed by atoms with E-state index in [4.69, 9.17) is 0 Å². The fraction of sp³-hybridized carbons (Fsp3) is 0.619. The molecule has 0 radical (unpaired) electrons. The molecule has 0 N–H and O–H groups in total. The lowest BCUT2D eigenvalue weighted by Crippen LogP contribution is -2.45. The molecule has 5 heteroatoms. The van der Waals surface area contributed by atoms with Crippen molar-refractivity contribution in [1.29, 1.82) is 0 Å². The quantitative estimate of drug-likeness (QED) is 0.832. The minimum Gasteiger partial charge on any atom is -0.340 e. The molecule has 1 saturated heterocycles. The Hall–Kier alpha value is -1.88. The van der Waals surface area contributed by atoms with Crippen LogP contribution in [0.5, 0.6) is 0 Å². The summed E-state index contributed by atoms with van der Waals surface area (Å²) in [5.41, 5.74) is 1.35. The van der Waals surface area contributed by atoms with Gasteiger partial charge in [0.05, 0.1) is 5.41 Å². The normalized spacial score (nSPS) is 23.1. The van der Waals surface area contributed by atoms with Crippen molar-refractivity contribution in [3.63, 3.8) is 0 Å². The summed E-state index contributed by atoms with van der Waals surface area (Å²) < 4.78 is 0. The van der Waals surface area contributed by atoms with E-state index in [-0.39, 0.29) is 18.4 Å². The lowest BCUT2D eigenvalue weighted by molar-refractivity contribution is -0.131. The average molecular weight is 355 g/mol. The molecule has 26 heavy (non-hydrogen) atoms. The van der Waals surface area contributed by atoms with Crippen LogP contribution in [-0.4, -0.2) is 60.9 Å². The molecule has 2 amide bonds. The third-order valence-corrected chi connectivity index (χ3v) is 6.10. The summed E-state index contributed by atoms with van der Waals surface area (Å²) in [6.07, 6.45) is 3.76. The zero-order chi connectivity index (χ0) is 18.3. The summed E-state index contributed by atoms with van der Waals surface area (Å²) in [4.78, 5) is 32.0. The fourth-order valence-corrected chi connectivity index (χ4v) is 4.26. The maximum atomic E-state index is 12.9. The molecule has 2 fully saturated rings. The number of amides is 2. The third kappa shape index (κ3) is 3.25. The molecule has 1 aromatic rings. The van der Waals surface area contributed by atoms with Crippen LogP contribution in [0.4, 0.5) is 5.69 Å². The predicted octanol–water partition coefficient (Wildman–Crippen LogP) is 2.26. The molecule has 2 aliphatic heterocycles. The molecule has 1 aliphatic carbocycles. The average Bonchev–Trinajstić information content (AvgIpc) is 3.44. The van der Waals surface area contributed by atoms with Gasteiger partial charge in [-0.3, -0.25) is 9.59 Å². The van der Waals surface area contributed by atoms with Gasteiger partial charge in [-0.25, -0.2) is 0 Å². The molecular formula is C21H29N3O2. The fourth-order valence-electron chi connectivity index (χ4n) is 4.26. The Labute approximate surface area is 155 Å². The summed E-state index contributed by atoms with van der Waals surface area (Å²) in [7, 11) is 0. The molecule has 1 saturated carbocycles. The Balaban J connectivity index is 1.42. The van der Waals surface area contributed by atoms with Crippen molar-refractivity contribution in [2.24, 2.45) is 5.92 Å². The second-order valence-corrected chi connectivity index (χ2v) is 8.51. The van der Waals surface area contributed by atoms with Gasteiger partial charge < -0.3 is 14.7 Å². The first-order valence-corrected chi connectivity index (χ1v) is 9.88. The Morgan fingerprint density at radius 2 is 1.88 bits per heavy atom. The predicted molar refractivity (Wildman–Crippen MR) is 102 cm³/mol. The molecule has 1 aromatic carbocycles. The number of para-hydroxylation sites is 1. The van der Waals surface area contributed by atoms with E-state index in [1.165, 1.54) is 19.4 Å². The van der Waals surface area contributed by atoms with Crippen LogP contribution in [-0.2, 0) is 15.0 Å². The first kappa shape index (κ1) is 17.5. The van der Waals surface area contributed by atoms with Gasteiger partial charge in [0.15, 0.2) is 0 Å². The Bertz CT molecular complexity index is 711. The van der Waals surface area contributed by atoms with Crippen molar-refractivity contribution in [3.8, 4) is 0 Å². The highest BCUT2D eigenvalue weighted by Crippen LogP contribution is 2.41. The molecule has 5 nitrogen and oxygen atoms in total. The van der Waals surface area contributed by atoms with Crippen molar-refractivity contribution in [2.45, 2.75) is 38.5 Å². The summed E-state index contributed by atoms with van der Waals surface area (Å²) in [6.45, 7) is 8.85. The van der Waals surface area contributed by atoms with Gasteiger partial charge in [-0.2, -0.15) is 0 Å². The van der Waals surface area contributed by atoms with Crippen LogP contribution < -0.4 is 4.90 Å². The van der Waals surface area contributed by atoms with Crippen molar-refractivity contribution in [3.05, 3.63) is 29.8 Å². The van der Waals surface area contributed by atoms with Crippen LogP contribution in [0.3, 0.4) is 0 Å². The van der Waals surface area contributed by atoms with E-state index >= 15 is 0 Å². The highest BCUT2D eigenvalue weighted by atomic mass is 16.2. The van der Waals surface area contributed by atoms with Crippen LogP contribution in [0, 0.1) is 5.92 Å². The smallest absolute Gasteiger partial charge is 0.242 e. The van der Waals surface area contributed by atoms with Gasteiger partial charge in [0.1, 0.15) is 6.54 Å². The SMILES string of the molecule is CC1(C)C(=O)N(CC(=O)N2CCCN(CC3CC3)CC2)c2ccccc21. The van der Waals surface area contributed by atoms with Crippen LogP contribution in [0.2, 0.25) is 0 Å². The van der Waals surface area contributed by atoms with Gasteiger partial charge >= 0.3 is 0 Å². The summed E-state index contributed by atoms with van der Waals surface area (Å²) >= 11 is 0. The Morgan fingerprint density at radius 1 is 1.12 bits per heavy atom. The number of hydrogen-bond donors (Lipinski definition) is 0. The highest BCUT2D eigenvalue weighted by Gasteiger charge is 2.44. The Kier molecular flexibility index (Phi) is 4.51. The standard InChI is InChI=1S/C21H29N3O2/c1-21(2)17-6-3-4-7-18(17)24(20(21)26)15-19(25)23-11-5-10-22(12-13-23)14-16-8-9-16/h3-4,6-7,16H,5,8-15H2,1-2H3. The van der Waals surface area contributed by atoms with E-state index in [1.54, 1.807) is 4.90 Å². The molecular weight excluding hydrogens is 326 g/mol. The van der Waals surface area contributed by atoms with Crippen LogP contribution >= 0.6 is 0 Å². The van der Waals surface area contributed by atoms with Gasteiger partial charge in [-0.15, -0.1) is 0 Å². The number of hydrogen-bond acceptors (Lipinski definition) is 3. The van der Waals surface area contributed by atoms with Crippen molar-refractivity contribution >= 4 is 17.5 Å². The molecule has 4 rings (SSSR count). The topological polar surface area (TPSA) is 43.9 Å². The van der Waals surface area contributed by atoms with Crippen molar-refractivity contribution in [1.82, 2.24) is 9.80 Å². The Morgan fingerprint density at radius 3 is 2.65 bits per heavy atom. The van der Waals surface area contributed by atoms with Gasteiger partial charge in [0.25, 0.3) is 0 Å². The first-order chi connectivity index (χ1) is 12.5. The maximum absolute atomic E-state index is 12.9. The molecule has 2 heterocycles. The molecule has 140 valence electrons. The van der Waals surface area contributed by atoms with Gasteiger partial charge in [-0.05, 0) is 57.2 Å². The number of carbonyl (C=O) groups excluding carboxylic acids is 2. The van der Waals surface area contributed by atoms with Gasteiger partial charge in [0.2, 0.25) is 11.8 Å². The lowest BCUT2D eigenvalue weighted by atomic mass is 9.86. The molecule has 0 aromatic heterocycles. The van der Waals surface area contributed by atoms with E-state index in [2.05, 4.69) is 4.90 Å². The number of anilines is 1. The number of fused-ring (bicyclic) bond motifs is 1. The van der Waals surface area contributed by atoms with Crippen LogP contribution in [0.1, 0.15) is 38.7 Å². The minimum absolute atomic E-state index is 0.0252. The monoisotopic (exact) mass is 355 g/mol. The molecule has 3 aliphatic rings. The minimum atomic E-state index is -0.559. The van der Waals surface area contributed by atoms with Crippen molar-refractivity contribution < 1.29 is 9.59 Å². The molecule has 0 spiro atoms. The highest BCUT2D eigenvalue weighted by molar-refractivity contribution is 6.10. The summed E-state index contributed by atoms with van der Waals surface area (Å²) in [5.74, 6) is 0.981. The van der Waals surface area contributed by atoms with E-state index in [0.717, 1.165) is 49.8 Å². The van der Waals surface area contributed by atoms with Gasteiger partial charge in [0, 0.05) is 31.9 Å². The molecule has 0 unspecified atom stereocenters. The zero-order valence-electron chi connectivity index (χ0n) is 15.9. The third-order valence-electron chi connectivity index (χ3n) is 6.10. The van der Waals surface area contributed by atoms with Gasteiger partial charge in [-0.1, -0.05) is 18.2 Å². The second-order valence-electron chi connectivity index (χ2n) is 8.51. The van der Waals surface area contributed by atoms with Crippen LogP contribution in [0.15, 0.2) is 24.3 Å². The molecule has 0 atom stereocenters. The maximum Gasteiger partial charge on any atom is 0.242 e. The largest absolute Gasteiger partial charge is 0.340 e. The van der Waals surface area contributed by atoms with E-state index < -0.39 is 5.41 Å². The number of carbonyl (C=O) groups is 2. The second kappa shape index (κ2) is 6.69. The summed E-state index contributed by atoms with van der Waals surface area (Å²) in [6, 6.07) is 7.85. The van der Waals surface area contributed by atoms with E-state index in [1.807, 2.05) is 43.0 Å².